The second-order valence-corrected chi connectivity index (χ2v) is 5.15. The van der Waals surface area contributed by atoms with E-state index < -0.39 is 0 Å². The zero-order valence-corrected chi connectivity index (χ0v) is 11.1. The maximum absolute atomic E-state index is 10.0. The Morgan fingerprint density at radius 2 is 2.18 bits per heavy atom. The summed E-state index contributed by atoms with van der Waals surface area (Å²) in [4.78, 5) is 2.37. The summed E-state index contributed by atoms with van der Waals surface area (Å²) in [6, 6.07) is 6.87. The fraction of sp³-hybridized carbons (Fsp3) is 0.600. The van der Waals surface area contributed by atoms with Gasteiger partial charge in [-0.3, -0.25) is 0 Å². The topological polar surface area (TPSA) is 23.5 Å². The van der Waals surface area contributed by atoms with Crippen molar-refractivity contribution in [3.63, 3.8) is 0 Å². The molecule has 0 bridgehead atoms. The molecule has 0 spiro atoms. The number of benzene rings is 1. The quantitative estimate of drug-likeness (QED) is 0.867. The monoisotopic (exact) mass is 233 g/mol. The van der Waals surface area contributed by atoms with E-state index in [0.29, 0.717) is 0 Å². The Balaban J connectivity index is 2.28. The highest BCUT2D eigenvalue weighted by atomic mass is 16.3. The summed E-state index contributed by atoms with van der Waals surface area (Å²) < 4.78 is 0. The zero-order valence-electron chi connectivity index (χ0n) is 11.1. The average Bonchev–Trinajstić information content (AvgIpc) is 2.35. The maximum Gasteiger partial charge on any atom is 0.0738 e. The molecule has 2 nitrogen and oxygen atoms in total. The number of aliphatic hydroxyl groups excluding tert-OH is 1. The van der Waals surface area contributed by atoms with Gasteiger partial charge >= 0.3 is 0 Å². The maximum atomic E-state index is 10.0. The highest BCUT2D eigenvalue weighted by molar-refractivity contribution is 5.57. The largest absolute Gasteiger partial charge is 0.391 e. The summed E-state index contributed by atoms with van der Waals surface area (Å²) in [5, 5.41) is 10.0. The van der Waals surface area contributed by atoms with Crippen LogP contribution < -0.4 is 4.90 Å². The van der Waals surface area contributed by atoms with Gasteiger partial charge in [0.25, 0.3) is 0 Å². The third-order valence-corrected chi connectivity index (χ3v) is 3.86. The standard InChI is InChI=1S/C15H23NO/c1-4-15(17)12(3)16-9-5-6-13-10-11(2)7-8-14(13)16/h7-8,10,12,15,17H,4-6,9H2,1-3H3. The smallest absolute Gasteiger partial charge is 0.0738 e. The van der Waals surface area contributed by atoms with Crippen LogP contribution in [0.1, 0.15) is 37.8 Å². The Hall–Kier alpha value is -1.02. The van der Waals surface area contributed by atoms with Crippen LogP contribution in [-0.2, 0) is 6.42 Å². The van der Waals surface area contributed by atoms with Crippen LogP contribution in [0.5, 0.6) is 0 Å². The minimum Gasteiger partial charge on any atom is -0.391 e. The van der Waals surface area contributed by atoms with Crippen molar-refractivity contribution in [3.05, 3.63) is 29.3 Å². The molecular formula is C15H23NO. The van der Waals surface area contributed by atoms with Crippen molar-refractivity contribution in [1.82, 2.24) is 0 Å². The third-order valence-electron chi connectivity index (χ3n) is 3.86. The molecule has 2 heteroatoms. The zero-order chi connectivity index (χ0) is 12.4. The molecule has 0 aliphatic carbocycles. The Labute approximate surface area is 104 Å². The molecule has 2 unspecified atom stereocenters. The molecule has 1 aliphatic rings. The normalized spacial score (nSPS) is 18.7. The number of hydrogen-bond donors (Lipinski definition) is 1. The first kappa shape index (κ1) is 12.4. The van der Waals surface area contributed by atoms with Crippen molar-refractivity contribution in [2.75, 3.05) is 11.4 Å². The van der Waals surface area contributed by atoms with Crippen LogP contribution in [0.4, 0.5) is 5.69 Å². The number of aryl methyl sites for hydroxylation is 2. The number of anilines is 1. The summed E-state index contributed by atoms with van der Waals surface area (Å²) in [5.74, 6) is 0. The fourth-order valence-electron chi connectivity index (χ4n) is 2.73. The first-order valence-corrected chi connectivity index (χ1v) is 6.67. The SMILES string of the molecule is CCC(O)C(C)N1CCCc2cc(C)ccc21. The van der Waals surface area contributed by atoms with E-state index in [4.69, 9.17) is 0 Å². The van der Waals surface area contributed by atoms with E-state index in [2.05, 4.69) is 36.9 Å². The lowest BCUT2D eigenvalue weighted by atomic mass is 9.96. The van der Waals surface area contributed by atoms with Crippen LogP contribution in [0, 0.1) is 6.92 Å². The van der Waals surface area contributed by atoms with Crippen molar-refractivity contribution < 1.29 is 5.11 Å². The van der Waals surface area contributed by atoms with Crippen molar-refractivity contribution in [2.45, 2.75) is 52.2 Å². The number of nitrogens with zero attached hydrogens (tertiary/aromatic N) is 1. The molecule has 0 saturated heterocycles. The minimum absolute atomic E-state index is 0.210. The van der Waals surface area contributed by atoms with Gasteiger partial charge in [-0.1, -0.05) is 24.6 Å². The molecule has 2 rings (SSSR count). The van der Waals surface area contributed by atoms with E-state index in [1.165, 1.54) is 29.7 Å². The van der Waals surface area contributed by atoms with Crippen LogP contribution in [0.25, 0.3) is 0 Å². The molecule has 0 amide bonds. The van der Waals surface area contributed by atoms with Gasteiger partial charge in [0.1, 0.15) is 0 Å². The van der Waals surface area contributed by atoms with Crippen molar-refractivity contribution in [2.24, 2.45) is 0 Å². The van der Waals surface area contributed by atoms with Gasteiger partial charge in [0.15, 0.2) is 0 Å². The van der Waals surface area contributed by atoms with Crippen LogP contribution in [0.3, 0.4) is 0 Å². The Kier molecular flexibility index (Phi) is 3.72. The molecule has 2 atom stereocenters. The molecule has 1 heterocycles. The third kappa shape index (κ3) is 2.47. The lowest BCUT2D eigenvalue weighted by Gasteiger charge is -2.38. The van der Waals surface area contributed by atoms with E-state index in [0.717, 1.165) is 13.0 Å². The van der Waals surface area contributed by atoms with Gasteiger partial charge in [-0.05, 0) is 44.7 Å². The second-order valence-electron chi connectivity index (χ2n) is 5.15. The van der Waals surface area contributed by atoms with E-state index in [-0.39, 0.29) is 12.1 Å². The van der Waals surface area contributed by atoms with Gasteiger partial charge in [-0.25, -0.2) is 0 Å². The van der Waals surface area contributed by atoms with E-state index >= 15 is 0 Å². The van der Waals surface area contributed by atoms with Gasteiger partial charge in [-0.2, -0.15) is 0 Å². The minimum atomic E-state index is -0.234. The average molecular weight is 233 g/mol. The molecule has 0 saturated carbocycles. The predicted octanol–water partition coefficient (Wildman–Crippen LogP) is 2.91. The van der Waals surface area contributed by atoms with Crippen molar-refractivity contribution in [3.8, 4) is 0 Å². The summed E-state index contributed by atoms with van der Waals surface area (Å²) in [5.41, 5.74) is 4.09. The summed E-state index contributed by atoms with van der Waals surface area (Å²) in [6.07, 6.45) is 2.95. The van der Waals surface area contributed by atoms with Gasteiger partial charge < -0.3 is 10.0 Å². The highest BCUT2D eigenvalue weighted by Crippen LogP contribution is 2.30. The van der Waals surface area contributed by atoms with Crippen molar-refractivity contribution in [1.29, 1.82) is 0 Å². The van der Waals surface area contributed by atoms with Crippen molar-refractivity contribution >= 4 is 5.69 Å². The Morgan fingerprint density at radius 1 is 1.41 bits per heavy atom. The van der Waals surface area contributed by atoms with E-state index in [1.54, 1.807) is 0 Å². The second kappa shape index (κ2) is 5.09. The number of hydrogen-bond acceptors (Lipinski definition) is 2. The molecule has 0 aromatic heterocycles. The van der Waals surface area contributed by atoms with Crippen LogP contribution >= 0.6 is 0 Å². The highest BCUT2D eigenvalue weighted by Gasteiger charge is 2.25. The summed E-state index contributed by atoms with van der Waals surface area (Å²) in [6.45, 7) is 7.38. The van der Waals surface area contributed by atoms with Gasteiger partial charge in [0.2, 0.25) is 0 Å². The molecule has 17 heavy (non-hydrogen) atoms. The molecule has 1 aromatic carbocycles. The summed E-state index contributed by atoms with van der Waals surface area (Å²) >= 11 is 0. The molecule has 1 N–H and O–H groups in total. The molecule has 0 radical (unpaired) electrons. The van der Waals surface area contributed by atoms with E-state index in [1.807, 2.05) is 6.92 Å². The molecule has 94 valence electrons. The number of rotatable bonds is 3. The lowest BCUT2D eigenvalue weighted by Crippen LogP contribution is -2.44. The fourth-order valence-corrected chi connectivity index (χ4v) is 2.73. The van der Waals surface area contributed by atoms with Crippen LogP contribution in [0.2, 0.25) is 0 Å². The predicted molar refractivity (Wildman–Crippen MR) is 72.6 cm³/mol. The lowest BCUT2D eigenvalue weighted by molar-refractivity contribution is 0.141. The van der Waals surface area contributed by atoms with Crippen LogP contribution in [0.15, 0.2) is 18.2 Å². The number of aliphatic hydroxyl groups is 1. The summed E-state index contributed by atoms with van der Waals surface area (Å²) in [7, 11) is 0. The van der Waals surface area contributed by atoms with Crippen LogP contribution in [-0.4, -0.2) is 23.8 Å². The van der Waals surface area contributed by atoms with Gasteiger partial charge in [0, 0.05) is 12.2 Å². The Bertz CT molecular complexity index is 389. The molecular weight excluding hydrogens is 210 g/mol. The molecule has 1 aliphatic heterocycles. The first-order chi connectivity index (χ1) is 8.13. The number of fused-ring (bicyclic) bond motifs is 1. The molecule has 0 fully saturated rings. The first-order valence-electron chi connectivity index (χ1n) is 6.67. The van der Waals surface area contributed by atoms with E-state index in [9.17, 15) is 5.11 Å². The van der Waals surface area contributed by atoms with Gasteiger partial charge in [0.05, 0.1) is 12.1 Å². The molecule has 1 aromatic rings. The Morgan fingerprint density at radius 3 is 2.88 bits per heavy atom. The van der Waals surface area contributed by atoms with Gasteiger partial charge in [-0.15, -0.1) is 0 Å².